The first-order valence-corrected chi connectivity index (χ1v) is 7.13. The van der Waals surface area contributed by atoms with Gasteiger partial charge in [0.15, 0.2) is 0 Å². The van der Waals surface area contributed by atoms with Gasteiger partial charge >= 0.3 is 0 Å². The minimum Gasteiger partial charge on any atom is -0.389 e. The monoisotopic (exact) mass is 256 g/mol. The predicted molar refractivity (Wildman–Crippen MR) is 66.4 cm³/mol. The van der Waals surface area contributed by atoms with Gasteiger partial charge in [0.2, 0.25) is 0 Å². The standard InChI is InChI=1S/C14H24O4/c1-16-12-9-14(15,10-12)11-2-5-18-13(8-11)3-6-17-7-4-13/h11-12,15H,2-10H2,1H3. The Morgan fingerprint density at radius 1 is 1.11 bits per heavy atom. The van der Waals surface area contributed by atoms with Crippen LogP contribution in [0.2, 0.25) is 0 Å². The smallest absolute Gasteiger partial charge is 0.0730 e. The molecule has 0 radical (unpaired) electrons. The molecule has 2 aliphatic heterocycles. The van der Waals surface area contributed by atoms with E-state index in [1.807, 2.05) is 0 Å². The second kappa shape index (κ2) is 4.75. The van der Waals surface area contributed by atoms with Crippen LogP contribution in [-0.2, 0) is 14.2 Å². The van der Waals surface area contributed by atoms with Crippen molar-refractivity contribution in [1.29, 1.82) is 0 Å². The van der Waals surface area contributed by atoms with Crippen LogP contribution in [0, 0.1) is 5.92 Å². The molecule has 1 N–H and O–H groups in total. The second-order valence-corrected chi connectivity index (χ2v) is 6.20. The first-order chi connectivity index (χ1) is 8.66. The zero-order valence-corrected chi connectivity index (χ0v) is 11.2. The molecule has 0 aromatic carbocycles. The Kier molecular flexibility index (Phi) is 3.39. The van der Waals surface area contributed by atoms with Crippen molar-refractivity contribution in [2.24, 2.45) is 5.92 Å². The lowest BCUT2D eigenvalue weighted by Crippen LogP contribution is -2.57. The van der Waals surface area contributed by atoms with E-state index >= 15 is 0 Å². The highest BCUT2D eigenvalue weighted by Gasteiger charge is 2.52. The average Bonchev–Trinajstić information content (AvgIpc) is 2.36. The normalized spacial score (nSPS) is 43.7. The molecule has 1 saturated carbocycles. The van der Waals surface area contributed by atoms with Crippen molar-refractivity contribution in [2.75, 3.05) is 26.9 Å². The summed E-state index contributed by atoms with van der Waals surface area (Å²) in [6, 6.07) is 0. The van der Waals surface area contributed by atoms with Crippen LogP contribution in [0.4, 0.5) is 0 Å². The minimum absolute atomic E-state index is 0.0188. The molecule has 1 aliphatic carbocycles. The number of hydrogen-bond donors (Lipinski definition) is 1. The van der Waals surface area contributed by atoms with Crippen molar-refractivity contribution in [1.82, 2.24) is 0 Å². The SMILES string of the molecule is COC1CC(O)(C2CCOC3(CCOCC3)C2)C1. The van der Waals surface area contributed by atoms with Crippen LogP contribution in [0.25, 0.3) is 0 Å². The van der Waals surface area contributed by atoms with Crippen molar-refractivity contribution in [3.05, 3.63) is 0 Å². The Hall–Kier alpha value is -0.160. The molecule has 18 heavy (non-hydrogen) atoms. The molecule has 2 heterocycles. The summed E-state index contributed by atoms with van der Waals surface area (Å²) in [6.45, 7) is 2.38. The molecular weight excluding hydrogens is 232 g/mol. The summed E-state index contributed by atoms with van der Waals surface area (Å²) in [5.41, 5.74) is -0.523. The maximum Gasteiger partial charge on any atom is 0.0730 e. The molecule has 1 unspecified atom stereocenters. The molecule has 0 aromatic heterocycles. The van der Waals surface area contributed by atoms with Gasteiger partial charge in [0, 0.05) is 39.8 Å². The summed E-state index contributed by atoms with van der Waals surface area (Å²) in [5, 5.41) is 10.7. The molecule has 4 heteroatoms. The Labute approximate surface area is 109 Å². The Morgan fingerprint density at radius 3 is 2.50 bits per heavy atom. The lowest BCUT2D eigenvalue weighted by Gasteiger charge is -2.53. The van der Waals surface area contributed by atoms with Gasteiger partial charge in [0.25, 0.3) is 0 Å². The number of hydrogen-bond acceptors (Lipinski definition) is 4. The highest BCUT2D eigenvalue weighted by Crippen LogP contribution is 2.48. The number of rotatable bonds is 2. The lowest BCUT2D eigenvalue weighted by atomic mass is 9.63. The fourth-order valence-electron chi connectivity index (χ4n) is 3.81. The van der Waals surface area contributed by atoms with E-state index in [1.54, 1.807) is 7.11 Å². The molecule has 0 bridgehead atoms. The highest BCUT2D eigenvalue weighted by molar-refractivity contribution is 5.03. The summed E-state index contributed by atoms with van der Waals surface area (Å²) in [6.07, 6.45) is 5.77. The van der Waals surface area contributed by atoms with Crippen molar-refractivity contribution < 1.29 is 19.3 Å². The van der Waals surface area contributed by atoms with Crippen LogP contribution >= 0.6 is 0 Å². The van der Waals surface area contributed by atoms with E-state index in [-0.39, 0.29) is 11.7 Å². The summed E-state index contributed by atoms with van der Waals surface area (Å²) in [4.78, 5) is 0. The molecule has 0 aromatic rings. The van der Waals surface area contributed by atoms with Crippen LogP contribution in [0.1, 0.15) is 38.5 Å². The van der Waals surface area contributed by atoms with Gasteiger partial charge in [-0.05, 0) is 31.6 Å². The maximum atomic E-state index is 10.7. The van der Waals surface area contributed by atoms with Gasteiger partial charge in [-0.1, -0.05) is 0 Å². The van der Waals surface area contributed by atoms with Crippen LogP contribution in [-0.4, -0.2) is 49.3 Å². The third-order valence-electron chi connectivity index (χ3n) is 5.15. The molecule has 3 aliphatic rings. The molecule has 1 atom stereocenters. The van der Waals surface area contributed by atoms with E-state index < -0.39 is 5.60 Å². The summed E-state index contributed by atoms with van der Waals surface area (Å²) in [5.74, 6) is 0.371. The summed E-state index contributed by atoms with van der Waals surface area (Å²) in [7, 11) is 1.73. The molecule has 1 spiro atoms. The molecule has 104 valence electrons. The Bertz CT molecular complexity index is 287. The molecule has 4 nitrogen and oxygen atoms in total. The van der Waals surface area contributed by atoms with Gasteiger partial charge in [0.1, 0.15) is 0 Å². The van der Waals surface area contributed by atoms with Crippen LogP contribution in [0.15, 0.2) is 0 Å². The molecule has 3 fully saturated rings. The number of aliphatic hydroxyl groups is 1. The molecule has 2 saturated heterocycles. The van der Waals surface area contributed by atoms with E-state index in [0.717, 1.165) is 58.3 Å². The number of ether oxygens (including phenoxy) is 3. The summed E-state index contributed by atoms with van der Waals surface area (Å²) < 4.78 is 16.8. The van der Waals surface area contributed by atoms with E-state index in [2.05, 4.69) is 0 Å². The molecular formula is C14H24O4. The lowest BCUT2D eigenvalue weighted by molar-refractivity contribution is -0.213. The van der Waals surface area contributed by atoms with Crippen molar-refractivity contribution in [3.8, 4) is 0 Å². The first-order valence-electron chi connectivity index (χ1n) is 7.13. The van der Waals surface area contributed by atoms with Gasteiger partial charge < -0.3 is 19.3 Å². The quantitative estimate of drug-likeness (QED) is 0.813. The van der Waals surface area contributed by atoms with Gasteiger partial charge in [-0.15, -0.1) is 0 Å². The van der Waals surface area contributed by atoms with Gasteiger partial charge in [-0.2, -0.15) is 0 Å². The Balaban J connectivity index is 1.63. The minimum atomic E-state index is -0.504. The third-order valence-corrected chi connectivity index (χ3v) is 5.15. The maximum absolute atomic E-state index is 10.7. The van der Waals surface area contributed by atoms with E-state index in [4.69, 9.17) is 14.2 Å². The van der Waals surface area contributed by atoms with Crippen LogP contribution in [0.5, 0.6) is 0 Å². The Morgan fingerprint density at radius 2 is 1.83 bits per heavy atom. The number of methoxy groups -OCH3 is 1. The predicted octanol–water partition coefficient (Wildman–Crippen LogP) is 1.50. The van der Waals surface area contributed by atoms with E-state index in [1.165, 1.54) is 0 Å². The van der Waals surface area contributed by atoms with Gasteiger partial charge in [-0.3, -0.25) is 0 Å². The fraction of sp³-hybridized carbons (Fsp3) is 1.00. The van der Waals surface area contributed by atoms with Crippen molar-refractivity contribution in [2.45, 2.75) is 55.8 Å². The van der Waals surface area contributed by atoms with E-state index in [9.17, 15) is 5.11 Å². The van der Waals surface area contributed by atoms with Gasteiger partial charge in [0.05, 0.1) is 17.3 Å². The van der Waals surface area contributed by atoms with Crippen LogP contribution in [0.3, 0.4) is 0 Å². The van der Waals surface area contributed by atoms with Crippen molar-refractivity contribution >= 4 is 0 Å². The highest BCUT2D eigenvalue weighted by atomic mass is 16.5. The second-order valence-electron chi connectivity index (χ2n) is 6.20. The average molecular weight is 256 g/mol. The van der Waals surface area contributed by atoms with Crippen LogP contribution < -0.4 is 0 Å². The summed E-state index contributed by atoms with van der Waals surface area (Å²) >= 11 is 0. The molecule has 0 amide bonds. The topological polar surface area (TPSA) is 47.9 Å². The van der Waals surface area contributed by atoms with Crippen molar-refractivity contribution in [3.63, 3.8) is 0 Å². The third kappa shape index (κ3) is 2.20. The molecule has 3 rings (SSSR count). The fourth-order valence-corrected chi connectivity index (χ4v) is 3.81. The van der Waals surface area contributed by atoms with Gasteiger partial charge in [-0.25, -0.2) is 0 Å². The zero-order chi connectivity index (χ0) is 12.6. The largest absolute Gasteiger partial charge is 0.389 e. The van der Waals surface area contributed by atoms with E-state index in [0.29, 0.717) is 5.92 Å². The first kappa shape index (κ1) is 12.9. The zero-order valence-electron chi connectivity index (χ0n) is 11.2.